The van der Waals surface area contributed by atoms with Crippen LogP contribution >= 0.6 is 0 Å². The van der Waals surface area contributed by atoms with Crippen LogP contribution in [0, 0.1) is 5.92 Å². The minimum Gasteiger partial charge on any atom is -0.497 e. The highest BCUT2D eigenvalue weighted by molar-refractivity contribution is 5.80. The van der Waals surface area contributed by atoms with Gasteiger partial charge in [-0.25, -0.2) is 0 Å². The van der Waals surface area contributed by atoms with Crippen LogP contribution in [0.15, 0.2) is 59.6 Å². The molecule has 154 valence electrons. The predicted octanol–water partition coefficient (Wildman–Crippen LogP) is 3.84. The fourth-order valence-corrected chi connectivity index (χ4v) is 4.51. The van der Waals surface area contributed by atoms with Crippen molar-refractivity contribution in [3.05, 3.63) is 65.7 Å². The first-order chi connectivity index (χ1) is 14.3. The highest BCUT2D eigenvalue weighted by Gasteiger charge is 2.31. The largest absolute Gasteiger partial charge is 0.497 e. The summed E-state index contributed by atoms with van der Waals surface area (Å²) < 4.78 is 11.3. The molecule has 0 bridgehead atoms. The van der Waals surface area contributed by atoms with Crippen LogP contribution in [0.5, 0.6) is 5.75 Å². The molecule has 2 aliphatic rings. The van der Waals surface area contributed by atoms with Crippen molar-refractivity contribution >= 4 is 5.96 Å². The molecule has 29 heavy (non-hydrogen) atoms. The molecule has 2 fully saturated rings. The third-order valence-corrected chi connectivity index (χ3v) is 6.15. The average molecular weight is 394 g/mol. The monoisotopic (exact) mass is 393 g/mol. The van der Waals surface area contributed by atoms with E-state index in [0.29, 0.717) is 11.8 Å². The molecule has 2 aromatic rings. The van der Waals surface area contributed by atoms with Gasteiger partial charge < -0.3 is 19.7 Å². The molecular formula is C24H31N3O2. The number of rotatable bonds is 5. The molecule has 0 spiro atoms. The molecular weight excluding hydrogens is 362 g/mol. The topological polar surface area (TPSA) is 46.1 Å². The van der Waals surface area contributed by atoms with Crippen LogP contribution < -0.4 is 10.1 Å². The Morgan fingerprint density at radius 1 is 1.10 bits per heavy atom. The number of nitrogens with one attached hydrogen (secondary N) is 1. The van der Waals surface area contributed by atoms with E-state index in [9.17, 15) is 0 Å². The second-order valence-electron chi connectivity index (χ2n) is 7.88. The van der Waals surface area contributed by atoms with Crippen LogP contribution in [0.25, 0.3) is 0 Å². The fourth-order valence-electron chi connectivity index (χ4n) is 4.51. The van der Waals surface area contributed by atoms with E-state index in [1.807, 2.05) is 7.05 Å². The molecule has 4 rings (SSSR count). The summed E-state index contributed by atoms with van der Waals surface area (Å²) >= 11 is 0. The Bertz CT molecular complexity index is 807. The molecule has 0 saturated carbocycles. The lowest BCUT2D eigenvalue weighted by Gasteiger charge is -2.25. The quantitative estimate of drug-likeness (QED) is 0.619. The summed E-state index contributed by atoms with van der Waals surface area (Å²) in [5.74, 6) is 2.91. The van der Waals surface area contributed by atoms with Crippen molar-refractivity contribution in [1.29, 1.82) is 0 Å². The van der Waals surface area contributed by atoms with Gasteiger partial charge in [-0.15, -0.1) is 0 Å². The lowest BCUT2D eigenvalue weighted by atomic mass is 9.95. The van der Waals surface area contributed by atoms with Gasteiger partial charge in [0.2, 0.25) is 0 Å². The lowest BCUT2D eigenvalue weighted by molar-refractivity contribution is 0.0914. The molecule has 2 saturated heterocycles. The number of methoxy groups -OCH3 is 1. The van der Waals surface area contributed by atoms with Crippen molar-refractivity contribution in [2.75, 3.05) is 40.4 Å². The van der Waals surface area contributed by atoms with Crippen molar-refractivity contribution in [2.24, 2.45) is 10.9 Å². The zero-order valence-corrected chi connectivity index (χ0v) is 17.4. The van der Waals surface area contributed by atoms with E-state index < -0.39 is 0 Å². The maximum absolute atomic E-state index is 6.03. The van der Waals surface area contributed by atoms with Crippen molar-refractivity contribution in [1.82, 2.24) is 10.2 Å². The third-order valence-electron chi connectivity index (χ3n) is 6.15. The Morgan fingerprint density at radius 2 is 1.90 bits per heavy atom. The minimum absolute atomic E-state index is 0.174. The molecule has 0 aliphatic carbocycles. The Hall–Kier alpha value is -2.53. The summed E-state index contributed by atoms with van der Waals surface area (Å²) in [5, 5.41) is 3.62. The van der Waals surface area contributed by atoms with Crippen molar-refractivity contribution < 1.29 is 9.47 Å². The Balaban J connectivity index is 1.34. The van der Waals surface area contributed by atoms with Crippen molar-refractivity contribution in [3.8, 4) is 5.75 Å². The molecule has 5 heteroatoms. The van der Waals surface area contributed by atoms with E-state index >= 15 is 0 Å². The maximum Gasteiger partial charge on any atom is 0.193 e. The van der Waals surface area contributed by atoms with Crippen LogP contribution in [0.3, 0.4) is 0 Å². The van der Waals surface area contributed by atoms with E-state index in [1.165, 1.54) is 11.1 Å². The Kier molecular flexibility index (Phi) is 6.35. The van der Waals surface area contributed by atoms with E-state index in [0.717, 1.165) is 50.8 Å². The van der Waals surface area contributed by atoms with Gasteiger partial charge in [0.1, 0.15) is 5.75 Å². The van der Waals surface area contributed by atoms with Crippen LogP contribution in [0.4, 0.5) is 0 Å². The van der Waals surface area contributed by atoms with E-state index in [2.05, 4.69) is 69.8 Å². The number of benzene rings is 2. The van der Waals surface area contributed by atoms with Crippen LogP contribution in [0.2, 0.25) is 0 Å². The second-order valence-corrected chi connectivity index (χ2v) is 7.88. The molecule has 2 heterocycles. The van der Waals surface area contributed by atoms with Gasteiger partial charge in [-0.1, -0.05) is 42.5 Å². The Labute approximate surface area is 173 Å². The van der Waals surface area contributed by atoms with E-state index in [4.69, 9.17) is 9.47 Å². The first-order valence-corrected chi connectivity index (χ1v) is 10.5. The van der Waals surface area contributed by atoms with E-state index in [1.54, 1.807) is 7.11 Å². The molecule has 0 radical (unpaired) electrons. The molecule has 3 unspecified atom stereocenters. The van der Waals surface area contributed by atoms with Gasteiger partial charge in [-0.05, 0) is 36.1 Å². The second kappa shape index (κ2) is 9.31. The van der Waals surface area contributed by atoms with Crippen molar-refractivity contribution in [3.63, 3.8) is 0 Å². The standard InChI is InChI=1S/C24H31N3O2/c1-25-24(26-16-20-13-15-29-23(20)19-6-4-3-5-7-19)27-14-12-21(17-27)18-8-10-22(28-2)11-9-18/h3-11,20-21,23H,12-17H2,1-2H3,(H,25,26). The smallest absolute Gasteiger partial charge is 0.193 e. The molecule has 1 N–H and O–H groups in total. The molecule has 0 aromatic heterocycles. The number of hydrogen-bond acceptors (Lipinski definition) is 3. The molecule has 2 aliphatic heterocycles. The minimum atomic E-state index is 0.174. The van der Waals surface area contributed by atoms with Crippen LogP contribution in [-0.4, -0.2) is 51.3 Å². The fraction of sp³-hybridized carbons (Fsp3) is 0.458. The van der Waals surface area contributed by atoms with Gasteiger partial charge in [0, 0.05) is 45.1 Å². The molecule has 0 amide bonds. The zero-order valence-electron chi connectivity index (χ0n) is 17.4. The van der Waals surface area contributed by atoms with Gasteiger partial charge in [0.25, 0.3) is 0 Å². The average Bonchev–Trinajstić information content (AvgIpc) is 3.45. The summed E-state index contributed by atoms with van der Waals surface area (Å²) in [6.45, 7) is 3.73. The number of hydrogen-bond donors (Lipinski definition) is 1. The first kappa shape index (κ1) is 19.8. The SMILES string of the molecule is CN=C(NCC1CCOC1c1ccccc1)N1CCC(c2ccc(OC)cc2)C1. The number of aliphatic imine (C=N–C) groups is 1. The number of nitrogens with zero attached hydrogens (tertiary/aromatic N) is 2. The Morgan fingerprint density at radius 3 is 2.62 bits per heavy atom. The summed E-state index contributed by atoms with van der Waals surface area (Å²) in [5.41, 5.74) is 2.64. The maximum atomic E-state index is 6.03. The molecule has 5 nitrogen and oxygen atoms in total. The number of likely N-dealkylation sites (tertiary alicyclic amines) is 1. The number of guanidine groups is 1. The van der Waals surface area contributed by atoms with Gasteiger partial charge in [0.05, 0.1) is 13.2 Å². The third kappa shape index (κ3) is 4.56. The molecule has 3 atom stereocenters. The van der Waals surface area contributed by atoms with E-state index in [-0.39, 0.29) is 6.10 Å². The highest BCUT2D eigenvalue weighted by atomic mass is 16.5. The lowest BCUT2D eigenvalue weighted by Crippen LogP contribution is -2.42. The van der Waals surface area contributed by atoms with Gasteiger partial charge in [-0.3, -0.25) is 4.99 Å². The first-order valence-electron chi connectivity index (χ1n) is 10.5. The zero-order chi connectivity index (χ0) is 20.1. The normalized spacial score (nSPS) is 24.7. The predicted molar refractivity (Wildman–Crippen MR) is 117 cm³/mol. The van der Waals surface area contributed by atoms with Gasteiger partial charge in [-0.2, -0.15) is 0 Å². The summed E-state index contributed by atoms with van der Waals surface area (Å²) in [4.78, 5) is 6.93. The van der Waals surface area contributed by atoms with Gasteiger partial charge >= 0.3 is 0 Å². The molecule has 2 aromatic carbocycles. The van der Waals surface area contributed by atoms with Gasteiger partial charge in [0.15, 0.2) is 5.96 Å². The van der Waals surface area contributed by atoms with Crippen molar-refractivity contribution in [2.45, 2.75) is 24.9 Å². The van der Waals surface area contributed by atoms with Crippen LogP contribution in [-0.2, 0) is 4.74 Å². The summed E-state index contributed by atoms with van der Waals surface area (Å²) in [7, 11) is 3.59. The summed E-state index contributed by atoms with van der Waals surface area (Å²) in [6, 6.07) is 19.0. The number of ether oxygens (including phenoxy) is 2. The highest BCUT2D eigenvalue weighted by Crippen LogP contribution is 2.34. The van der Waals surface area contributed by atoms with Crippen LogP contribution in [0.1, 0.15) is 36.0 Å². The summed E-state index contributed by atoms with van der Waals surface area (Å²) in [6.07, 6.45) is 2.40.